The topological polar surface area (TPSA) is 47.9 Å². The lowest BCUT2D eigenvalue weighted by Crippen LogP contribution is -2.54. The third kappa shape index (κ3) is 3.69. The van der Waals surface area contributed by atoms with Gasteiger partial charge in [0.15, 0.2) is 5.96 Å². The highest BCUT2D eigenvalue weighted by atomic mass is 16.2. The number of guanidine groups is 1. The molecule has 1 aliphatic carbocycles. The Morgan fingerprint density at radius 1 is 1.07 bits per heavy atom. The van der Waals surface area contributed by atoms with E-state index in [4.69, 9.17) is 0 Å². The molecule has 1 aromatic rings. The minimum absolute atomic E-state index is 0.198. The zero-order valence-electron chi connectivity index (χ0n) is 16.5. The van der Waals surface area contributed by atoms with Gasteiger partial charge in [-0.3, -0.25) is 9.79 Å². The van der Waals surface area contributed by atoms with Crippen molar-refractivity contribution in [2.45, 2.75) is 50.4 Å². The van der Waals surface area contributed by atoms with Gasteiger partial charge >= 0.3 is 0 Å². The Balaban J connectivity index is 1.45. The summed E-state index contributed by atoms with van der Waals surface area (Å²) in [6.07, 6.45) is 8.42. The van der Waals surface area contributed by atoms with Gasteiger partial charge in [0.2, 0.25) is 5.91 Å². The minimum Gasteiger partial charge on any atom is -0.347 e. The van der Waals surface area contributed by atoms with E-state index in [0.29, 0.717) is 6.54 Å². The summed E-state index contributed by atoms with van der Waals surface area (Å²) in [6.45, 7) is 4.18. The van der Waals surface area contributed by atoms with Gasteiger partial charge in [0.05, 0.1) is 6.54 Å². The summed E-state index contributed by atoms with van der Waals surface area (Å²) in [4.78, 5) is 21.2. The van der Waals surface area contributed by atoms with E-state index >= 15 is 0 Å². The molecular weight excluding hydrogens is 336 g/mol. The molecule has 0 aromatic heterocycles. The van der Waals surface area contributed by atoms with E-state index in [1.54, 1.807) is 5.56 Å². The number of amides is 1. The number of carbonyl (C=O) groups is 1. The molecule has 5 heteroatoms. The van der Waals surface area contributed by atoms with E-state index in [1.165, 1.54) is 37.7 Å². The molecule has 1 atom stereocenters. The predicted octanol–water partition coefficient (Wildman–Crippen LogP) is 2.55. The predicted molar refractivity (Wildman–Crippen MR) is 109 cm³/mol. The second-order valence-corrected chi connectivity index (χ2v) is 8.30. The summed E-state index contributed by atoms with van der Waals surface area (Å²) < 4.78 is 0. The maximum absolute atomic E-state index is 12.4. The first-order valence-electron chi connectivity index (χ1n) is 10.5. The van der Waals surface area contributed by atoms with Gasteiger partial charge in [0.25, 0.3) is 0 Å². The fourth-order valence-electron chi connectivity index (χ4n) is 5.31. The monoisotopic (exact) mass is 368 g/mol. The number of rotatable bonds is 2. The second-order valence-electron chi connectivity index (χ2n) is 8.30. The Morgan fingerprint density at radius 3 is 2.63 bits per heavy atom. The van der Waals surface area contributed by atoms with Gasteiger partial charge in [-0.25, -0.2) is 0 Å². The number of fused-ring (bicyclic) bond motifs is 2. The Kier molecular flexibility index (Phi) is 5.37. The maximum Gasteiger partial charge on any atom is 0.241 e. The molecule has 2 fully saturated rings. The van der Waals surface area contributed by atoms with Crippen LogP contribution in [0, 0.1) is 0 Å². The summed E-state index contributed by atoms with van der Waals surface area (Å²) in [6, 6.07) is 9.00. The first-order chi connectivity index (χ1) is 13.2. The third-order valence-corrected chi connectivity index (χ3v) is 6.63. The second kappa shape index (κ2) is 7.91. The van der Waals surface area contributed by atoms with Gasteiger partial charge < -0.3 is 15.1 Å². The van der Waals surface area contributed by atoms with Crippen molar-refractivity contribution in [2.24, 2.45) is 4.99 Å². The number of hydrogen-bond donors (Lipinski definition) is 1. The zero-order chi connectivity index (χ0) is 18.7. The molecule has 146 valence electrons. The summed E-state index contributed by atoms with van der Waals surface area (Å²) in [5, 5.41) is 3.35. The molecular formula is C22H32N4O. The van der Waals surface area contributed by atoms with Crippen molar-refractivity contribution in [3.63, 3.8) is 0 Å². The first kappa shape index (κ1) is 18.3. The molecule has 2 heterocycles. The average molecular weight is 369 g/mol. The molecule has 1 aromatic carbocycles. The number of nitrogens with zero attached hydrogens (tertiary/aromatic N) is 3. The van der Waals surface area contributed by atoms with Crippen LogP contribution in [0.5, 0.6) is 0 Å². The van der Waals surface area contributed by atoms with Crippen LogP contribution < -0.4 is 5.32 Å². The molecule has 2 saturated heterocycles. The Labute approximate surface area is 162 Å². The molecule has 1 N–H and O–H groups in total. The third-order valence-electron chi connectivity index (χ3n) is 6.63. The minimum atomic E-state index is 0.198. The molecule has 3 aliphatic rings. The molecule has 1 unspecified atom stereocenters. The van der Waals surface area contributed by atoms with Crippen molar-refractivity contribution >= 4 is 11.9 Å². The molecule has 0 saturated carbocycles. The molecule has 4 rings (SSSR count). The maximum atomic E-state index is 12.4. The van der Waals surface area contributed by atoms with E-state index in [-0.39, 0.29) is 11.3 Å². The molecule has 1 amide bonds. The van der Waals surface area contributed by atoms with Crippen LogP contribution in [-0.4, -0.2) is 61.4 Å². The van der Waals surface area contributed by atoms with Crippen LogP contribution in [-0.2, 0) is 16.6 Å². The molecule has 27 heavy (non-hydrogen) atoms. The van der Waals surface area contributed by atoms with Crippen LogP contribution in [0.25, 0.3) is 0 Å². The SMILES string of the molecule is CN=C(NCC(=O)N1CCCC1)N1CCCC2(CCCc3ccccc32)C1. The smallest absolute Gasteiger partial charge is 0.241 e. The summed E-state index contributed by atoms with van der Waals surface area (Å²) in [5.41, 5.74) is 3.31. The number of piperidine rings is 1. The number of hydrogen-bond acceptors (Lipinski definition) is 2. The van der Waals surface area contributed by atoms with Gasteiger partial charge in [-0.2, -0.15) is 0 Å². The van der Waals surface area contributed by atoms with Crippen molar-refractivity contribution in [1.82, 2.24) is 15.1 Å². The lowest BCUT2D eigenvalue weighted by molar-refractivity contribution is -0.128. The van der Waals surface area contributed by atoms with Crippen LogP contribution in [0.2, 0.25) is 0 Å². The number of carbonyl (C=O) groups excluding carboxylic acids is 1. The van der Waals surface area contributed by atoms with Gasteiger partial charge in [0, 0.05) is 38.6 Å². The van der Waals surface area contributed by atoms with Crippen molar-refractivity contribution in [3.8, 4) is 0 Å². The number of aliphatic imine (C=N–C) groups is 1. The Bertz CT molecular complexity index is 710. The fraction of sp³-hybridized carbons (Fsp3) is 0.636. The number of likely N-dealkylation sites (tertiary alicyclic amines) is 2. The van der Waals surface area contributed by atoms with Gasteiger partial charge in [-0.05, 0) is 56.1 Å². The molecule has 1 spiro atoms. The summed E-state index contributed by atoms with van der Waals surface area (Å²) in [5.74, 6) is 1.08. The van der Waals surface area contributed by atoms with Gasteiger partial charge in [-0.15, -0.1) is 0 Å². The summed E-state index contributed by atoms with van der Waals surface area (Å²) in [7, 11) is 1.83. The highest BCUT2D eigenvalue weighted by Crippen LogP contribution is 2.43. The number of aryl methyl sites for hydroxylation is 1. The van der Waals surface area contributed by atoms with Crippen molar-refractivity contribution in [3.05, 3.63) is 35.4 Å². The van der Waals surface area contributed by atoms with Crippen LogP contribution >= 0.6 is 0 Å². The fourth-order valence-corrected chi connectivity index (χ4v) is 5.31. The van der Waals surface area contributed by atoms with E-state index < -0.39 is 0 Å². The highest BCUT2D eigenvalue weighted by Gasteiger charge is 2.40. The molecule has 5 nitrogen and oxygen atoms in total. The van der Waals surface area contributed by atoms with Crippen LogP contribution in [0.4, 0.5) is 0 Å². The van der Waals surface area contributed by atoms with Crippen LogP contribution in [0.3, 0.4) is 0 Å². The van der Waals surface area contributed by atoms with E-state index in [2.05, 4.69) is 39.5 Å². The molecule has 2 aliphatic heterocycles. The van der Waals surface area contributed by atoms with E-state index in [1.807, 2.05) is 11.9 Å². The Hall–Kier alpha value is -2.04. The van der Waals surface area contributed by atoms with Crippen LogP contribution in [0.1, 0.15) is 49.7 Å². The molecule has 0 radical (unpaired) electrons. The lowest BCUT2D eigenvalue weighted by Gasteiger charge is -2.47. The normalized spacial score (nSPS) is 25.6. The van der Waals surface area contributed by atoms with Crippen molar-refractivity contribution in [2.75, 3.05) is 39.8 Å². The molecule has 0 bridgehead atoms. The van der Waals surface area contributed by atoms with E-state index in [9.17, 15) is 4.79 Å². The van der Waals surface area contributed by atoms with Crippen molar-refractivity contribution in [1.29, 1.82) is 0 Å². The Morgan fingerprint density at radius 2 is 1.81 bits per heavy atom. The summed E-state index contributed by atoms with van der Waals surface area (Å²) >= 11 is 0. The lowest BCUT2D eigenvalue weighted by atomic mass is 9.66. The van der Waals surface area contributed by atoms with Crippen molar-refractivity contribution < 1.29 is 4.79 Å². The van der Waals surface area contributed by atoms with Crippen LogP contribution in [0.15, 0.2) is 29.3 Å². The number of benzene rings is 1. The van der Waals surface area contributed by atoms with Gasteiger partial charge in [0.1, 0.15) is 0 Å². The standard InChI is InChI=1S/C22H32N4O/c1-23-21(24-16-20(27)25-13-4-5-14-25)26-15-7-12-22(17-26)11-6-9-18-8-2-3-10-19(18)22/h2-3,8,10H,4-7,9,11-17H2,1H3,(H,23,24). The zero-order valence-corrected chi connectivity index (χ0v) is 16.5. The average Bonchev–Trinajstić information content (AvgIpc) is 3.24. The first-order valence-corrected chi connectivity index (χ1v) is 10.5. The quantitative estimate of drug-likeness (QED) is 0.645. The number of nitrogens with one attached hydrogen (secondary N) is 1. The largest absolute Gasteiger partial charge is 0.347 e. The highest BCUT2D eigenvalue weighted by molar-refractivity contribution is 5.86. The van der Waals surface area contributed by atoms with Gasteiger partial charge in [-0.1, -0.05) is 24.3 Å². The van der Waals surface area contributed by atoms with E-state index in [0.717, 1.165) is 45.0 Å².